The summed E-state index contributed by atoms with van der Waals surface area (Å²) in [6.45, 7) is 2.13. The quantitative estimate of drug-likeness (QED) is 0.355. The van der Waals surface area contributed by atoms with Crippen molar-refractivity contribution in [2.75, 3.05) is 6.61 Å². The fourth-order valence-corrected chi connectivity index (χ4v) is 3.15. The van der Waals surface area contributed by atoms with Gasteiger partial charge < -0.3 is 4.74 Å². The first-order valence-electron chi connectivity index (χ1n) is 6.47. The second-order valence-electron chi connectivity index (χ2n) is 4.67. The van der Waals surface area contributed by atoms with Crippen molar-refractivity contribution in [1.82, 2.24) is 4.98 Å². The molecule has 0 N–H and O–H groups in total. The Hall–Kier alpha value is -1.59. The Morgan fingerprint density at radius 3 is 3.15 bits per heavy atom. The number of ether oxygens (including phenoxy) is 1. The van der Waals surface area contributed by atoms with Gasteiger partial charge in [-0.2, -0.15) is 0 Å². The van der Waals surface area contributed by atoms with Crippen molar-refractivity contribution >= 4 is 21.9 Å². The number of nitrogens with zero attached hydrogens (tertiary/aromatic N) is 4. The maximum absolute atomic E-state index is 11.5. The van der Waals surface area contributed by atoms with Crippen molar-refractivity contribution < 1.29 is 9.53 Å². The van der Waals surface area contributed by atoms with Crippen molar-refractivity contribution in [3.63, 3.8) is 0 Å². The topological polar surface area (TPSA) is 88.0 Å². The highest BCUT2D eigenvalue weighted by molar-refractivity contribution is 9.10. The maximum atomic E-state index is 11.5. The second-order valence-corrected chi connectivity index (χ2v) is 5.53. The van der Waals surface area contributed by atoms with Crippen LogP contribution in [0.25, 0.3) is 10.4 Å². The van der Waals surface area contributed by atoms with Gasteiger partial charge in [-0.05, 0) is 58.8 Å². The molecule has 6 nitrogen and oxygen atoms in total. The number of hydrogen-bond donors (Lipinski definition) is 0. The molecule has 7 heteroatoms. The Morgan fingerprint density at radius 2 is 2.45 bits per heavy atom. The molecule has 0 radical (unpaired) electrons. The summed E-state index contributed by atoms with van der Waals surface area (Å²) >= 11 is 3.47. The summed E-state index contributed by atoms with van der Waals surface area (Å²) in [6, 6.07) is 0. The molecule has 0 bridgehead atoms. The van der Waals surface area contributed by atoms with Gasteiger partial charge in [-0.1, -0.05) is 5.11 Å². The lowest BCUT2D eigenvalue weighted by molar-refractivity contribution is -0.143. The molecule has 0 spiro atoms. The van der Waals surface area contributed by atoms with Gasteiger partial charge in [-0.3, -0.25) is 9.78 Å². The van der Waals surface area contributed by atoms with Crippen LogP contribution in [0.3, 0.4) is 0 Å². The molecule has 1 unspecified atom stereocenters. The molecule has 0 fully saturated rings. The zero-order valence-electron chi connectivity index (χ0n) is 11.2. The van der Waals surface area contributed by atoms with Gasteiger partial charge >= 0.3 is 5.97 Å². The fourth-order valence-electron chi connectivity index (χ4n) is 2.62. The van der Waals surface area contributed by atoms with Gasteiger partial charge in [0.05, 0.1) is 12.1 Å². The Labute approximate surface area is 125 Å². The van der Waals surface area contributed by atoms with E-state index < -0.39 is 5.54 Å². The number of hydrogen-bond acceptors (Lipinski definition) is 4. The van der Waals surface area contributed by atoms with Crippen molar-refractivity contribution in [3.05, 3.63) is 38.4 Å². The van der Waals surface area contributed by atoms with Gasteiger partial charge in [0.25, 0.3) is 0 Å². The zero-order chi connectivity index (χ0) is 14.6. The molecule has 106 valence electrons. The summed E-state index contributed by atoms with van der Waals surface area (Å²) in [7, 11) is 0. The van der Waals surface area contributed by atoms with Crippen LogP contribution in [0.4, 0.5) is 0 Å². The predicted molar refractivity (Wildman–Crippen MR) is 76.9 cm³/mol. The monoisotopic (exact) mass is 338 g/mol. The number of rotatable bonds is 5. The lowest BCUT2D eigenvalue weighted by atomic mass is 9.89. The third-order valence-corrected chi connectivity index (χ3v) is 4.26. The van der Waals surface area contributed by atoms with E-state index >= 15 is 0 Å². The number of halogens is 1. The van der Waals surface area contributed by atoms with Crippen LogP contribution >= 0.6 is 15.9 Å². The highest BCUT2D eigenvalue weighted by Gasteiger charge is 2.39. The molecule has 0 aliphatic heterocycles. The van der Waals surface area contributed by atoms with E-state index in [1.54, 1.807) is 19.3 Å². The third-order valence-electron chi connectivity index (χ3n) is 3.58. The van der Waals surface area contributed by atoms with Gasteiger partial charge in [-0.15, -0.1) is 0 Å². The molecule has 0 amide bonds. The van der Waals surface area contributed by atoms with E-state index in [1.165, 1.54) is 0 Å². The Morgan fingerprint density at radius 1 is 1.65 bits per heavy atom. The SMILES string of the molecule is CCOC(=O)CCC1(N=[N+]=[N-])CCc2c(Br)cncc21. The first-order chi connectivity index (χ1) is 9.63. The summed E-state index contributed by atoms with van der Waals surface area (Å²) in [5, 5.41) is 3.98. The van der Waals surface area contributed by atoms with Crippen LogP contribution in [0, 0.1) is 0 Å². The average molecular weight is 339 g/mol. The van der Waals surface area contributed by atoms with Crippen molar-refractivity contribution in [3.8, 4) is 0 Å². The van der Waals surface area contributed by atoms with Crippen molar-refractivity contribution in [2.24, 2.45) is 5.11 Å². The first-order valence-corrected chi connectivity index (χ1v) is 7.27. The van der Waals surface area contributed by atoms with Gasteiger partial charge in [0, 0.05) is 28.2 Å². The van der Waals surface area contributed by atoms with Crippen LogP contribution in [0.5, 0.6) is 0 Å². The van der Waals surface area contributed by atoms with E-state index in [-0.39, 0.29) is 12.4 Å². The molecule has 2 rings (SSSR count). The predicted octanol–water partition coefficient (Wildman–Crippen LogP) is 3.64. The number of pyridine rings is 1. The summed E-state index contributed by atoms with van der Waals surface area (Å²) in [5.41, 5.74) is 10.2. The third kappa shape index (κ3) is 2.78. The van der Waals surface area contributed by atoms with E-state index in [9.17, 15) is 4.79 Å². The second kappa shape index (κ2) is 6.24. The van der Waals surface area contributed by atoms with Gasteiger partial charge in [0.1, 0.15) is 0 Å². The van der Waals surface area contributed by atoms with Crippen LogP contribution in [-0.2, 0) is 21.5 Å². The molecular formula is C13H15BrN4O2. The van der Waals surface area contributed by atoms with Crippen molar-refractivity contribution in [2.45, 2.75) is 38.1 Å². The van der Waals surface area contributed by atoms with Crippen LogP contribution < -0.4 is 0 Å². The van der Waals surface area contributed by atoms with Crippen LogP contribution in [0.15, 0.2) is 22.0 Å². The lowest BCUT2D eigenvalue weighted by Gasteiger charge is -2.23. The van der Waals surface area contributed by atoms with E-state index in [1.807, 2.05) is 0 Å². The normalized spacial score (nSPS) is 20.1. The Bertz CT molecular complexity index is 571. The van der Waals surface area contributed by atoms with Crippen molar-refractivity contribution in [1.29, 1.82) is 0 Å². The van der Waals surface area contributed by atoms with E-state index in [4.69, 9.17) is 10.3 Å². The summed E-state index contributed by atoms with van der Waals surface area (Å²) < 4.78 is 5.86. The zero-order valence-corrected chi connectivity index (χ0v) is 12.8. The van der Waals surface area contributed by atoms with E-state index in [0.717, 1.165) is 22.0 Å². The highest BCUT2D eigenvalue weighted by atomic mass is 79.9. The molecule has 1 atom stereocenters. The first kappa shape index (κ1) is 14.8. The molecule has 1 aromatic heterocycles. The largest absolute Gasteiger partial charge is 0.466 e. The number of esters is 1. The summed E-state index contributed by atoms with van der Waals surface area (Å²) in [6.07, 6.45) is 5.64. The smallest absolute Gasteiger partial charge is 0.305 e. The minimum atomic E-state index is -0.687. The van der Waals surface area contributed by atoms with E-state index in [0.29, 0.717) is 19.4 Å². The minimum Gasteiger partial charge on any atom is -0.466 e. The molecule has 1 aromatic rings. The summed E-state index contributed by atoms with van der Waals surface area (Å²) in [4.78, 5) is 18.7. The number of carbonyl (C=O) groups is 1. The molecule has 1 heterocycles. The van der Waals surface area contributed by atoms with Gasteiger partial charge in [0.2, 0.25) is 0 Å². The maximum Gasteiger partial charge on any atom is 0.305 e. The van der Waals surface area contributed by atoms with Crippen LogP contribution in [-0.4, -0.2) is 17.6 Å². The average Bonchev–Trinajstić information content (AvgIpc) is 2.79. The van der Waals surface area contributed by atoms with Crippen LogP contribution in [0.1, 0.15) is 37.3 Å². The number of carbonyl (C=O) groups excluding carboxylic acids is 1. The molecular weight excluding hydrogens is 324 g/mol. The Kier molecular flexibility index (Phi) is 4.62. The number of aromatic nitrogens is 1. The fraction of sp³-hybridized carbons (Fsp3) is 0.538. The molecule has 0 saturated heterocycles. The number of fused-ring (bicyclic) bond motifs is 1. The minimum absolute atomic E-state index is 0.235. The molecule has 20 heavy (non-hydrogen) atoms. The standard InChI is InChI=1S/C13H15BrN4O2/c1-2-20-12(19)4-6-13(17-18-15)5-3-9-10(13)7-16-8-11(9)14/h7-8H,2-6H2,1H3. The molecule has 0 saturated carbocycles. The highest BCUT2D eigenvalue weighted by Crippen LogP contribution is 2.45. The van der Waals surface area contributed by atoms with E-state index in [2.05, 4.69) is 30.9 Å². The van der Waals surface area contributed by atoms with Gasteiger partial charge in [-0.25, -0.2) is 0 Å². The summed E-state index contributed by atoms with van der Waals surface area (Å²) in [5.74, 6) is -0.267. The number of azide groups is 1. The lowest BCUT2D eigenvalue weighted by Crippen LogP contribution is -2.22. The molecule has 1 aliphatic carbocycles. The molecule has 0 aromatic carbocycles. The molecule has 1 aliphatic rings. The van der Waals surface area contributed by atoms with Gasteiger partial charge in [0.15, 0.2) is 0 Å². The van der Waals surface area contributed by atoms with Crippen LogP contribution in [0.2, 0.25) is 0 Å². The Balaban J connectivity index is 2.28.